The highest BCUT2D eigenvalue weighted by atomic mass is 35.5. The van der Waals surface area contributed by atoms with E-state index in [0.29, 0.717) is 15.7 Å². The van der Waals surface area contributed by atoms with Gasteiger partial charge in [0.1, 0.15) is 0 Å². The molecule has 0 fully saturated rings. The quantitative estimate of drug-likeness (QED) is 0.791. The molecule has 0 aliphatic rings. The molecular formula is C15H13Cl2NOS. The van der Waals surface area contributed by atoms with Crippen molar-refractivity contribution in [2.75, 3.05) is 5.32 Å². The minimum absolute atomic E-state index is 0.108. The molecule has 104 valence electrons. The van der Waals surface area contributed by atoms with Crippen molar-refractivity contribution in [3.8, 4) is 0 Å². The second kappa shape index (κ2) is 7.02. The van der Waals surface area contributed by atoms with Gasteiger partial charge in [0, 0.05) is 4.90 Å². The SMILES string of the molecule is C[C@@H](Sc1ccccc1Cl)C(=O)Nc1ccccc1Cl. The van der Waals surface area contributed by atoms with Crippen LogP contribution in [-0.2, 0) is 4.79 Å². The zero-order chi connectivity index (χ0) is 14.5. The van der Waals surface area contributed by atoms with Crippen LogP contribution in [0.5, 0.6) is 0 Å². The summed E-state index contributed by atoms with van der Waals surface area (Å²) >= 11 is 13.5. The van der Waals surface area contributed by atoms with Gasteiger partial charge in [-0.3, -0.25) is 4.79 Å². The molecule has 2 aromatic rings. The Kier molecular flexibility index (Phi) is 5.35. The van der Waals surface area contributed by atoms with Crippen LogP contribution in [0.2, 0.25) is 10.0 Å². The fourth-order valence-electron chi connectivity index (χ4n) is 1.58. The fraction of sp³-hybridized carbons (Fsp3) is 0.133. The number of anilines is 1. The zero-order valence-corrected chi connectivity index (χ0v) is 13.1. The highest BCUT2D eigenvalue weighted by Crippen LogP contribution is 2.31. The van der Waals surface area contributed by atoms with Crippen LogP contribution in [-0.4, -0.2) is 11.2 Å². The van der Waals surface area contributed by atoms with Crippen molar-refractivity contribution in [3.63, 3.8) is 0 Å². The van der Waals surface area contributed by atoms with E-state index in [0.717, 1.165) is 4.90 Å². The summed E-state index contributed by atoms with van der Waals surface area (Å²) in [6, 6.07) is 14.6. The lowest BCUT2D eigenvalue weighted by Gasteiger charge is -2.13. The number of rotatable bonds is 4. The molecule has 5 heteroatoms. The Bertz CT molecular complexity index is 618. The van der Waals surface area contributed by atoms with Gasteiger partial charge in [-0.15, -0.1) is 11.8 Å². The molecule has 20 heavy (non-hydrogen) atoms. The van der Waals surface area contributed by atoms with Gasteiger partial charge < -0.3 is 5.32 Å². The van der Waals surface area contributed by atoms with Gasteiger partial charge >= 0.3 is 0 Å². The number of thioether (sulfide) groups is 1. The number of hydrogen-bond donors (Lipinski definition) is 1. The molecule has 2 aromatic carbocycles. The Hall–Kier alpha value is -1.16. The number of para-hydroxylation sites is 1. The average molecular weight is 326 g/mol. The molecule has 0 unspecified atom stereocenters. The maximum atomic E-state index is 12.1. The molecule has 0 spiro atoms. The van der Waals surface area contributed by atoms with Crippen molar-refractivity contribution in [3.05, 3.63) is 58.6 Å². The highest BCUT2D eigenvalue weighted by molar-refractivity contribution is 8.00. The fourth-order valence-corrected chi connectivity index (χ4v) is 2.92. The summed E-state index contributed by atoms with van der Waals surface area (Å²) in [6.07, 6.45) is 0. The van der Waals surface area contributed by atoms with E-state index in [4.69, 9.17) is 23.2 Å². The van der Waals surface area contributed by atoms with Crippen molar-refractivity contribution < 1.29 is 4.79 Å². The third-order valence-electron chi connectivity index (χ3n) is 2.64. The molecule has 2 nitrogen and oxygen atoms in total. The number of hydrogen-bond acceptors (Lipinski definition) is 2. The first-order valence-corrected chi connectivity index (χ1v) is 7.68. The molecule has 2 rings (SSSR count). The summed E-state index contributed by atoms with van der Waals surface area (Å²) in [5, 5.41) is 3.71. The lowest BCUT2D eigenvalue weighted by molar-refractivity contribution is -0.115. The van der Waals surface area contributed by atoms with Crippen LogP contribution in [0.25, 0.3) is 0 Å². The van der Waals surface area contributed by atoms with Crippen LogP contribution in [0.3, 0.4) is 0 Å². The van der Waals surface area contributed by atoms with Crippen LogP contribution < -0.4 is 5.32 Å². The first kappa shape index (κ1) is 15.2. The monoisotopic (exact) mass is 325 g/mol. The van der Waals surface area contributed by atoms with Crippen molar-refractivity contribution in [2.24, 2.45) is 0 Å². The molecular weight excluding hydrogens is 313 g/mol. The lowest BCUT2D eigenvalue weighted by Crippen LogP contribution is -2.22. The highest BCUT2D eigenvalue weighted by Gasteiger charge is 2.16. The lowest BCUT2D eigenvalue weighted by atomic mass is 10.3. The van der Waals surface area contributed by atoms with Crippen molar-refractivity contribution in [2.45, 2.75) is 17.1 Å². The van der Waals surface area contributed by atoms with E-state index in [9.17, 15) is 4.79 Å². The van der Waals surface area contributed by atoms with Gasteiger partial charge in [-0.2, -0.15) is 0 Å². The van der Waals surface area contributed by atoms with E-state index in [1.807, 2.05) is 43.3 Å². The Labute approximate surface area is 132 Å². The van der Waals surface area contributed by atoms with Gasteiger partial charge in [-0.05, 0) is 31.2 Å². The van der Waals surface area contributed by atoms with Gasteiger partial charge in [0.2, 0.25) is 5.91 Å². The van der Waals surface area contributed by atoms with Crippen LogP contribution in [0.15, 0.2) is 53.4 Å². The average Bonchev–Trinajstić information content (AvgIpc) is 2.43. The molecule has 0 aromatic heterocycles. The summed E-state index contributed by atoms with van der Waals surface area (Å²) in [6.45, 7) is 1.83. The topological polar surface area (TPSA) is 29.1 Å². The van der Waals surface area contributed by atoms with E-state index in [1.165, 1.54) is 11.8 Å². The Balaban J connectivity index is 2.03. The normalized spacial score (nSPS) is 11.9. The molecule has 0 heterocycles. The van der Waals surface area contributed by atoms with Crippen LogP contribution in [0, 0.1) is 0 Å². The first-order chi connectivity index (χ1) is 9.58. The van der Waals surface area contributed by atoms with E-state index in [2.05, 4.69) is 5.32 Å². The van der Waals surface area contributed by atoms with E-state index in [-0.39, 0.29) is 11.2 Å². The van der Waals surface area contributed by atoms with E-state index >= 15 is 0 Å². The van der Waals surface area contributed by atoms with Gasteiger partial charge in [0.15, 0.2) is 0 Å². The summed E-state index contributed by atoms with van der Waals surface area (Å²) in [5.74, 6) is -0.108. The summed E-state index contributed by atoms with van der Waals surface area (Å²) in [4.78, 5) is 13.0. The summed E-state index contributed by atoms with van der Waals surface area (Å²) in [5.41, 5.74) is 0.616. The van der Waals surface area contributed by atoms with E-state index in [1.54, 1.807) is 12.1 Å². The van der Waals surface area contributed by atoms with Crippen LogP contribution in [0.4, 0.5) is 5.69 Å². The second-order valence-electron chi connectivity index (χ2n) is 4.16. The largest absolute Gasteiger partial charge is 0.324 e. The van der Waals surface area contributed by atoms with Gasteiger partial charge in [0.05, 0.1) is 21.0 Å². The molecule has 0 aliphatic heterocycles. The molecule has 1 amide bonds. The summed E-state index contributed by atoms with van der Waals surface area (Å²) < 4.78 is 0. The third kappa shape index (κ3) is 3.92. The minimum Gasteiger partial charge on any atom is -0.324 e. The Morgan fingerprint density at radius 2 is 1.65 bits per heavy atom. The molecule has 0 saturated carbocycles. The molecule has 0 aliphatic carbocycles. The van der Waals surface area contributed by atoms with E-state index < -0.39 is 0 Å². The number of amides is 1. The predicted octanol–water partition coefficient (Wildman–Crippen LogP) is 5.11. The third-order valence-corrected chi connectivity index (χ3v) is 4.59. The molecule has 0 radical (unpaired) electrons. The van der Waals surface area contributed by atoms with Gasteiger partial charge in [-0.1, -0.05) is 47.5 Å². The number of carbonyl (C=O) groups is 1. The number of carbonyl (C=O) groups excluding carboxylic acids is 1. The second-order valence-corrected chi connectivity index (χ2v) is 6.36. The molecule has 0 bridgehead atoms. The predicted molar refractivity (Wildman–Crippen MR) is 86.9 cm³/mol. The standard InChI is InChI=1S/C15H13Cl2NOS/c1-10(20-14-9-5-3-7-12(14)17)15(19)18-13-8-4-2-6-11(13)16/h2-10H,1H3,(H,18,19)/t10-/m1/s1. The first-order valence-electron chi connectivity index (χ1n) is 6.04. The number of nitrogens with one attached hydrogen (secondary N) is 1. The van der Waals surface area contributed by atoms with Gasteiger partial charge in [-0.25, -0.2) is 0 Å². The number of benzene rings is 2. The maximum Gasteiger partial charge on any atom is 0.237 e. The van der Waals surface area contributed by atoms with Crippen molar-refractivity contribution in [1.29, 1.82) is 0 Å². The minimum atomic E-state index is -0.272. The van der Waals surface area contributed by atoms with Gasteiger partial charge in [0.25, 0.3) is 0 Å². The maximum absolute atomic E-state index is 12.1. The molecule has 1 atom stereocenters. The molecule has 0 saturated heterocycles. The molecule has 1 N–H and O–H groups in total. The van der Waals surface area contributed by atoms with Crippen LogP contribution >= 0.6 is 35.0 Å². The Morgan fingerprint density at radius 1 is 1.05 bits per heavy atom. The Morgan fingerprint density at radius 3 is 2.30 bits per heavy atom. The zero-order valence-electron chi connectivity index (χ0n) is 10.8. The van der Waals surface area contributed by atoms with Crippen molar-refractivity contribution >= 4 is 46.6 Å². The smallest absolute Gasteiger partial charge is 0.237 e. The summed E-state index contributed by atoms with van der Waals surface area (Å²) in [7, 11) is 0. The van der Waals surface area contributed by atoms with Crippen molar-refractivity contribution in [1.82, 2.24) is 0 Å². The van der Waals surface area contributed by atoms with Crippen LogP contribution in [0.1, 0.15) is 6.92 Å². The number of halogens is 2.